The van der Waals surface area contributed by atoms with E-state index in [1.807, 2.05) is 26.0 Å². The fourth-order valence-corrected chi connectivity index (χ4v) is 2.16. The maximum atomic E-state index is 11.9. The number of hydrogen-bond acceptors (Lipinski definition) is 3. The number of anilines is 1. The van der Waals surface area contributed by atoms with Crippen LogP contribution in [0.25, 0.3) is 0 Å². The summed E-state index contributed by atoms with van der Waals surface area (Å²) in [6.07, 6.45) is 3.02. The first-order valence-electron chi connectivity index (χ1n) is 5.87. The molecule has 0 unspecified atom stereocenters. The highest BCUT2D eigenvalue weighted by Crippen LogP contribution is 2.30. The fraction of sp³-hybridized carbons (Fsp3) is 0.308. The van der Waals surface area contributed by atoms with Crippen LogP contribution in [-0.2, 0) is 11.5 Å². The van der Waals surface area contributed by atoms with E-state index in [4.69, 9.17) is 11.6 Å². The molecule has 0 aliphatic rings. The van der Waals surface area contributed by atoms with Crippen molar-refractivity contribution in [1.29, 1.82) is 0 Å². The molecule has 2 aromatic rings. The minimum atomic E-state index is -0.0658. The molecule has 0 saturated carbocycles. The summed E-state index contributed by atoms with van der Waals surface area (Å²) in [6.45, 7) is 5.70. The van der Waals surface area contributed by atoms with Crippen molar-refractivity contribution in [2.75, 3.05) is 4.90 Å². The van der Waals surface area contributed by atoms with Crippen molar-refractivity contribution in [3.63, 3.8) is 0 Å². The van der Waals surface area contributed by atoms with E-state index in [0.717, 1.165) is 16.8 Å². The predicted molar refractivity (Wildman–Crippen MR) is 74.1 cm³/mol. The second kappa shape index (κ2) is 5.40. The number of halogens is 1. The lowest BCUT2D eigenvalue weighted by atomic mass is 10.1. The zero-order valence-electron chi connectivity index (χ0n) is 11.1. The lowest BCUT2D eigenvalue weighted by molar-refractivity contribution is -0.117. The molecule has 0 fully saturated rings. The van der Waals surface area contributed by atoms with Gasteiger partial charge < -0.3 is 0 Å². The zero-order valence-corrected chi connectivity index (χ0v) is 11.8. The van der Waals surface area contributed by atoms with Crippen molar-refractivity contribution in [3.8, 4) is 0 Å². The summed E-state index contributed by atoms with van der Waals surface area (Å²) in [4.78, 5) is 17.4. The van der Waals surface area contributed by atoms with E-state index in [0.29, 0.717) is 11.7 Å². The number of carbonyl (C=O) groups is 1. The van der Waals surface area contributed by atoms with Crippen molar-refractivity contribution in [1.82, 2.24) is 14.8 Å². The SMILES string of the molecule is CC(=O)N(Cn1cncn1)c1c(C)ccc(Cl)c1C. The maximum absolute atomic E-state index is 11.9. The quantitative estimate of drug-likeness (QED) is 0.867. The van der Waals surface area contributed by atoms with E-state index in [2.05, 4.69) is 10.1 Å². The molecule has 0 aliphatic carbocycles. The first-order chi connectivity index (χ1) is 9.00. The Morgan fingerprint density at radius 2 is 2.16 bits per heavy atom. The van der Waals surface area contributed by atoms with Crippen LogP contribution in [0, 0.1) is 13.8 Å². The maximum Gasteiger partial charge on any atom is 0.225 e. The topological polar surface area (TPSA) is 51.0 Å². The molecule has 1 aromatic heterocycles. The van der Waals surface area contributed by atoms with E-state index in [1.54, 1.807) is 15.9 Å². The first-order valence-corrected chi connectivity index (χ1v) is 6.24. The molecule has 0 radical (unpaired) electrons. The molecule has 0 N–H and O–H groups in total. The van der Waals surface area contributed by atoms with Crippen molar-refractivity contribution in [2.45, 2.75) is 27.4 Å². The van der Waals surface area contributed by atoms with E-state index in [-0.39, 0.29) is 5.91 Å². The van der Waals surface area contributed by atoms with Crippen LogP contribution >= 0.6 is 11.6 Å². The monoisotopic (exact) mass is 278 g/mol. The highest BCUT2D eigenvalue weighted by atomic mass is 35.5. The lowest BCUT2D eigenvalue weighted by Gasteiger charge is -2.25. The Labute approximate surface area is 116 Å². The average molecular weight is 279 g/mol. The van der Waals surface area contributed by atoms with Gasteiger partial charge in [-0.25, -0.2) is 9.67 Å². The summed E-state index contributed by atoms with van der Waals surface area (Å²) in [5, 5.41) is 4.67. The van der Waals surface area contributed by atoms with Gasteiger partial charge >= 0.3 is 0 Å². The Balaban J connectivity index is 2.45. The van der Waals surface area contributed by atoms with E-state index in [9.17, 15) is 4.79 Å². The molecule has 100 valence electrons. The van der Waals surface area contributed by atoms with Gasteiger partial charge in [0.2, 0.25) is 5.91 Å². The molecule has 2 rings (SSSR count). The molecular weight excluding hydrogens is 264 g/mol. The Kier molecular flexibility index (Phi) is 3.85. The molecule has 0 bridgehead atoms. The van der Waals surface area contributed by atoms with Crippen LogP contribution in [0.15, 0.2) is 24.8 Å². The molecule has 0 atom stereocenters. The summed E-state index contributed by atoms with van der Waals surface area (Å²) in [7, 11) is 0. The van der Waals surface area contributed by atoms with Gasteiger partial charge in [-0.05, 0) is 31.0 Å². The summed E-state index contributed by atoms with van der Waals surface area (Å²) in [5.74, 6) is -0.0658. The van der Waals surface area contributed by atoms with Crippen LogP contribution < -0.4 is 4.90 Å². The van der Waals surface area contributed by atoms with Crippen LogP contribution in [-0.4, -0.2) is 20.7 Å². The van der Waals surface area contributed by atoms with Crippen molar-refractivity contribution >= 4 is 23.2 Å². The average Bonchev–Trinajstić information content (AvgIpc) is 2.86. The molecular formula is C13H15ClN4O. The number of amides is 1. The van der Waals surface area contributed by atoms with Gasteiger partial charge in [0.05, 0.1) is 5.69 Å². The number of rotatable bonds is 3. The Morgan fingerprint density at radius 1 is 1.42 bits per heavy atom. The summed E-state index contributed by atoms with van der Waals surface area (Å²) in [6, 6.07) is 3.74. The number of aromatic nitrogens is 3. The third-order valence-electron chi connectivity index (χ3n) is 2.97. The van der Waals surface area contributed by atoms with Crippen molar-refractivity contribution in [2.24, 2.45) is 0 Å². The fourth-order valence-electron chi connectivity index (χ4n) is 2.00. The minimum absolute atomic E-state index is 0.0658. The van der Waals surface area contributed by atoms with Gasteiger partial charge in [0.1, 0.15) is 19.3 Å². The van der Waals surface area contributed by atoms with E-state index >= 15 is 0 Å². The molecule has 0 saturated heterocycles. The first kappa shape index (κ1) is 13.5. The molecule has 6 heteroatoms. The highest BCUT2D eigenvalue weighted by molar-refractivity contribution is 6.31. The Bertz CT molecular complexity index is 595. The molecule has 1 amide bonds. The lowest BCUT2D eigenvalue weighted by Crippen LogP contribution is -2.32. The predicted octanol–water partition coefficient (Wildman–Crippen LogP) is 2.56. The number of carbonyl (C=O) groups excluding carboxylic acids is 1. The molecule has 19 heavy (non-hydrogen) atoms. The summed E-state index contributed by atoms with van der Waals surface area (Å²) in [5.41, 5.74) is 2.71. The van der Waals surface area contributed by atoms with Gasteiger partial charge in [-0.15, -0.1) is 0 Å². The van der Waals surface area contributed by atoms with Gasteiger partial charge in [0.25, 0.3) is 0 Å². The van der Waals surface area contributed by atoms with E-state index < -0.39 is 0 Å². The number of nitrogens with zero attached hydrogens (tertiary/aromatic N) is 4. The van der Waals surface area contributed by atoms with Crippen LogP contribution in [0.3, 0.4) is 0 Å². The number of aryl methyl sites for hydroxylation is 1. The smallest absolute Gasteiger partial charge is 0.225 e. The second-order valence-electron chi connectivity index (χ2n) is 4.36. The molecule has 1 heterocycles. The minimum Gasteiger partial charge on any atom is -0.292 e. The second-order valence-corrected chi connectivity index (χ2v) is 4.77. The van der Waals surface area contributed by atoms with Crippen LogP contribution in [0.1, 0.15) is 18.1 Å². The molecule has 0 aliphatic heterocycles. The normalized spacial score (nSPS) is 10.5. The van der Waals surface area contributed by atoms with Gasteiger partial charge in [-0.1, -0.05) is 17.7 Å². The van der Waals surface area contributed by atoms with Gasteiger partial charge in [0, 0.05) is 11.9 Å². The largest absolute Gasteiger partial charge is 0.292 e. The van der Waals surface area contributed by atoms with Crippen LogP contribution in [0.2, 0.25) is 5.02 Å². The van der Waals surface area contributed by atoms with Crippen LogP contribution in [0.5, 0.6) is 0 Å². The molecule has 1 aromatic carbocycles. The third kappa shape index (κ3) is 2.76. The van der Waals surface area contributed by atoms with Gasteiger partial charge in [-0.2, -0.15) is 5.10 Å². The molecule has 0 spiro atoms. The summed E-state index contributed by atoms with van der Waals surface area (Å²) < 4.78 is 1.60. The third-order valence-corrected chi connectivity index (χ3v) is 3.38. The van der Waals surface area contributed by atoms with E-state index in [1.165, 1.54) is 13.3 Å². The van der Waals surface area contributed by atoms with Crippen LogP contribution in [0.4, 0.5) is 5.69 Å². The van der Waals surface area contributed by atoms with Crippen molar-refractivity contribution < 1.29 is 4.79 Å². The van der Waals surface area contributed by atoms with Crippen molar-refractivity contribution in [3.05, 3.63) is 40.9 Å². The Morgan fingerprint density at radius 3 is 2.74 bits per heavy atom. The van der Waals surface area contributed by atoms with Gasteiger partial charge in [-0.3, -0.25) is 9.69 Å². The standard InChI is InChI=1S/C13H15ClN4O/c1-9-4-5-12(14)10(2)13(9)18(11(3)19)8-17-7-15-6-16-17/h4-7H,8H2,1-3H3. The zero-order chi connectivity index (χ0) is 14.0. The molecule has 5 nitrogen and oxygen atoms in total. The van der Waals surface area contributed by atoms with Gasteiger partial charge in [0.15, 0.2) is 0 Å². The summed E-state index contributed by atoms with van der Waals surface area (Å²) >= 11 is 6.14. The Hall–Kier alpha value is -1.88. The highest BCUT2D eigenvalue weighted by Gasteiger charge is 2.18. The number of benzene rings is 1. The number of hydrogen-bond donors (Lipinski definition) is 0.